The molecule has 1 atom stereocenters. The number of aryl methyl sites for hydroxylation is 2. The van der Waals surface area contributed by atoms with Gasteiger partial charge in [-0.3, -0.25) is 9.59 Å². The molecule has 33 heavy (non-hydrogen) atoms. The van der Waals surface area contributed by atoms with Gasteiger partial charge in [0, 0.05) is 38.4 Å². The molecule has 2 aromatic heterocycles. The molecular formula is C26H29N5O2. The number of carbonyl (C=O) groups is 2. The fourth-order valence-corrected chi connectivity index (χ4v) is 4.10. The molecule has 2 amide bonds. The number of hydrogen-bond acceptors (Lipinski definition) is 3. The number of aromatic nitrogens is 3. The van der Waals surface area contributed by atoms with Crippen LogP contribution in [0.5, 0.6) is 0 Å². The number of H-pyrrole nitrogens is 1. The number of likely N-dealkylation sites (N-methyl/N-ethyl adjacent to an activating group) is 1. The molecule has 2 heterocycles. The largest absolute Gasteiger partial charge is 0.351 e. The Balaban J connectivity index is 1.49. The number of carbonyl (C=O) groups excluding carboxylic acids is 2. The lowest BCUT2D eigenvalue weighted by Gasteiger charge is -2.29. The highest BCUT2D eigenvalue weighted by Gasteiger charge is 2.22. The molecule has 0 radical (unpaired) electrons. The minimum Gasteiger partial charge on any atom is -0.351 e. The van der Waals surface area contributed by atoms with Gasteiger partial charge in [-0.1, -0.05) is 30.3 Å². The summed E-state index contributed by atoms with van der Waals surface area (Å²) in [5.74, 6) is 0.646. The molecule has 0 bridgehead atoms. The summed E-state index contributed by atoms with van der Waals surface area (Å²) in [6, 6.07) is 19.2. The Labute approximate surface area is 193 Å². The molecule has 2 N–H and O–H groups in total. The molecule has 0 aliphatic rings. The Kier molecular flexibility index (Phi) is 6.58. The van der Waals surface area contributed by atoms with Crippen LogP contribution in [-0.4, -0.2) is 50.9 Å². The van der Waals surface area contributed by atoms with Crippen LogP contribution in [0.15, 0.2) is 66.9 Å². The maximum atomic E-state index is 13.4. The molecule has 7 nitrogen and oxygen atoms in total. The van der Waals surface area contributed by atoms with Gasteiger partial charge in [0.25, 0.3) is 11.8 Å². The standard InChI is InChI=1S/C26H29N5O2/c1-18-28-22-12-11-20(17-23(22)29-18)26(33)31(3)21(16-19-8-5-4-6-9-19)13-14-27-25(32)24-10-7-15-30(24)2/h4-12,15,17,21H,13-14,16H2,1-3H3,(H,27,32)(H,28,29). The van der Waals surface area contributed by atoms with Crippen molar-refractivity contribution in [2.75, 3.05) is 13.6 Å². The molecule has 0 aliphatic carbocycles. The molecule has 0 aliphatic heterocycles. The monoisotopic (exact) mass is 443 g/mol. The van der Waals surface area contributed by atoms with Crippen molar-refractivity contribution in [1.29, 1.82) is 0 Å². The van der Waals surface area contributed by atoms with Gasteiger partial charge in [-0.15, -0.1) is 0 Å². The Morgan fingerprint density at radius 3 is 2.64 bits per heavy atom. The average molecular weight is 444 g/mol. The van der Waals surface area contributed by atoms with Crippen LogP contribution in [0.2, 0.25) is 0 Å². The molecule has 0 fully saturated rings. The topological polar surface area (TPSA) is 83.0 Å². The van der Waals surface area contributed by atoms with Gasteiger partial charge in [0.15, 0.2) is 0 Å². The highest BCUT2D eigenvalue weighted by atomic mass is 16.2. The van der Waals surface area contributed by atoms with Crippen molar-refractivity contribution >= 4 is 22.8 Å². The zero-order valence-electron chi connectivity index (χ0n) is 19.2. The summed E-state index contributed by atoms with van der Waals surface area (Å²) in [6.45, 7) is 2.37. The Hall–Kier alpha value is -3.87. The van der Waals surface area contributed by atoms with Crippen LogP contribution >= 0.6 is 0 Å². The van der Waals surface area contributed by atoms with Crippen molar-refractivity contribution in [1.82, 2.24) is 24.8 Å². The van der Waals surface area contributed by atoms with Gasteiger partial charge in [-0.2, -0.15) is 0 Å². The maximum absolute atomic E-state index is 13.4. The lowest BCUT2D eigenvalue weighted by molar-refractivity contribution is 0.0723. The van der Waals surface area contributed by atoms with E-state index in [1.54, 1.807) is 15.5 Å². The van der Waals surface area contributed by atoms with Crippen LogP contribution in [0.25, 0.3) is 11.0 Å². The van der Waals surface area contributed by atoms with E-state index in [0.29, 0.717) is 30.6 Å². The molecule has 0 saturated heterocycles. The molecule has 4 aromatic rings. The molecule has 0 spiro atoms. The number of imidazole rings is 1. The molecule has 7 heteroatoms. The predicted molar refractivity (Wildman–Crippen MR) is 129 cm³/mol. The third-order valence-corrected chi connectivity index (χ3v) is 5.97. The molecule has 4 rings (SSSR count). The number of nitrogens with one attached hydrogen (secondary N) is 2. The number of rotatable bonds is 8. The summed E-state index contributed by atoms with van der Waals surface area (Å²) in [6.07, 6.45) is 3.19. The maximum Gasteiger partial charge on any atom is 0.267 e. The number of amides is 2. The summed E-state index contributed by atoms with van der Waals surface area (Å²) < 4.78 is 1.79. The molecule has 2 aromatic carbocycles. The van der Waals surface area contributed by atoms with E-state index in [1.165, 1.54) is 0 Å². The fourth-order valence-electron chi connectivity index (χ4n) is 4.10. The van der Waals surface area contributed by atoms with E-state index in [9.17, 15) is 9.59 Å². The first-order chi connectivity index (χ1) is 15.9. The van der Waals surface area contributed by atoms with E-state index in [1.807, 2.05) is 69.7 Å². The van der Waals surface area contributed by atoms with Gasteiger partial charge in [-0.25, -0.2) is 4.98 Å². The lowest BCUT2D eigenvalue weighted by atomic mass is 10.0. The third-order valence-electron chi connectivity index (χ3n) is 5.97. The van der Waals surface area contributed by atoms with Gasteiger partial charge in [0.05, 0.1) is 11.0 Å². The minimum atomic E-state index is -0.116. The second kappa shape index (κ2) is 9.73. The van der Waals surface area contributed by atoms with E-state index in [4.69, 9.17) is 0 Å². The van der Waals surface area contributed by atoms with E-state index >= 15 is 0 Å². The number of hydrogen-bond donors (Lipinski definition) is 2. The predicted octanol–water partition coefficient (Wildman–Crippen LogP) is 3.71. The Bertz CT molecular complexity index is 1260. The van der Waals surface area contributed by atoms with E-state index in [-0.39, 0.29) is 17.9 Å². The molecule has 0 saturated carbocycles. The van der Waals surface area contributed by atoms with Crippen LogP contribution in [0, 0.1) is 6.92 Å². The van der Waals surface area contributed by atoms with E-state index in [2.05, 4.69) is 27.4 Å². The molecule has 1 unspecified atom stereocenters. The number of fused-ring (bicyclic) bond motifs is 1. The molecular weight excluding hydrogens is 414 g/mol. The average Bonchev–Trinajstić information content (AvgIpc) is 3.41. The van der Waals surface area contributed by atoms with Gasteiger partial charge in [0.2, 0.25) is 0 Å². The summed E-state index contributed by atoms with van der Waals surface area (Å²) in [5.41, 5.74) is 4.06. The van der Waals surface area contributed by atoms with Crippen LogP contribution < -0.4 is 5.32 Å². The number of aromatic amines is 1. The smallest absolute Gasteiger partial charge is 0.267 e. The van der Waals surface area contributed by atoms with Gasteiger partial charge >= 0.3 is 0 Å². The second-order valence-corrected chi connectivity index (χ2v) is 8.36. The SMILES string of the molecule is Cc1nc2ccc(C(=O)N(C)C(CCNC(=O)c3cccn3C)Cc3ccccc3)cc2[nH]1. The first kappa shape index (κ1) is 22.3. The second-order valence-electron chi connectivity index (χ2n) is 8.36. The van der Waals surface area contributed by atoms with E-state index < -0.39 is 0 Å². The first-order valence-corrected chi connectivity index (χ1v) is 11.1. The molecule has 170 valence electrons. The van der Waals surface area contributed by atoms with Crippen LogP contribution in [0.3, 0.4) is 0 Å². The number of nitrogens with zero attached hydrogens (tertiary/aromatic N) is 3. The first-order valence-electron chi connectivity index (χ1n) is 11.1. The van der Waals surface area contributed by atoms with E-state index in [0.717, 1.165) is 22.4 Å². The van der Waals surface area contributed by atoms with Gasteiger partial charge < -0.3 is 19.8 Å². The van der Waals surface area contributed by atoms with Crippen LogP contribution in [-0.2, 0) is 13.5 Å². The van der Waals surface area contributed by atoms with Crippen molar-refractivity contribution in [2.24, 2.45) is 7.05 Å². The van der Waals surface area contributed by atoms with Crippen LogP contribution in [0.1, 0.15) is 38.7 Å². The third kappa shape index (κ3) is 5.14. The summed E-state index contributed by atoms with van der Waals surface area (Å²) in [7, 11) is 3.68. The Morgan fingerprint density at radius 1 is 1.12 bits per heavy atom. The summed E-state index contributed by atoms with van der Waals surface area (Å²) >= 11 is 0. The highest BCUT2D eigenvalue weighted by molar-refractivity contribution is 5.97. The van der Waals surface area contributed by atoms with Gasteiger partial charge in [0.1, 0.15) is 11.5 Å². The van der Waals surface area contributed by atoms with Crippen molar-refractivity contribution in [3.05, 3.63) is 89.5 Å². The zero-order chi connectivity index (χ0) is 23.4. The fraction of sp³-hybridized carbons (Fsp3) is 0.269. The minimum absolute atomic E-state index is 0.0566. The normalized spacial score (nSPS) is 12.0. The van der Waals surface area contributed by atoms with Gasteiger partial charge in [-0.05, 0) is 55.7 Å². The van der Waals surface area contributed by atoms with Crippen molar-refractivity contribution in [2.45, 2.75) is 25.8 Å². The Morgan fingerprint density at radius 2 is 1.91 bits per heavy atom. The van der Waals surface area contributed by atoms with Crippen molar-refractivity contribution in [3.63, 3.8) is 0 Å². The zero-order valence-corrected chi connectivity index (χ0v) is 19.2. The van der Waals surface area contributed by atoms with Crippen molar-refractivity contribution < 1.29 is 9.59 Å². The summed E-state index contributed by atoms with van der Waals surface area (Å²) in [4.78, 5) is 35.2. The highest BCUT2D eigenvalue weighted by Crippen LogP contribution is 2.18. The number of benzene rings is 2. The lowest BCUT2D eigenvalue weighted by Crippen LogP contribution is -2.41. The quantitative estimate of drug-likeness (QED) is 0.435. The van der Waals surface area contributed by atoms with Crippen molar-refractivity contribution in [3.8, 4) is 0 Å². The van der Waals surface area contributed by atoms with Crippen LogP contribution in [0.4, 0.5) is 0 Å². The summed E-state index contributed by atoms with van der Waals surface area (Å²) in [5, 5.41) is 2.99.